The van der Waals surface area contributed by atoms with Gasteiger partial charge in [0, 0.05) is 5.92 Å². The first kappa shape index (κ1) is 16.7. The van der Waals surface area contributed by atoms with Crippen molar-refractivity contribution in [3.63, 3.8) is 0 Å². The van der Waals surface area contributed by atoms with Crippen molar-refractivity contribution >= 4 is 15.9 Å². The van der Waals surface area contributed by atoms with Crippen LogP contribution in [-0.4, -0.2) is 24.5 Å². The summed E-state index contributed by atoms with van der Waals surface area (Å²) in [7, 11) is -3.86. The van der Waals surface area contributed by atoms with E-state index in [2.05, 4.69) is 27.1 Å². The first-order valence-electron chi connectivity index (χ1n) is 8.09. The first-order chi connectivity index (χ1) is 11.5. The van der Waals surface area contributed by atoms with E-state index in [9.17, 15) is 13.2 Å². The van der Waals surface area contributed by atoms with Crippen LogP contribution >= 0.6 is 0 Å². The molecule has 3 rings (SSSR count). The smallest absolute Gasteiger partial charge is 0.267 e. The first-order valence-corrected chi connectivity index (χ1v) is 9.57. The summed E-state index contributed by atoms with van der Waals surface area (Å²) in [6.45, 7) is 1.61. The molecule has 7 heteroatoms. The molecule has 0 saturated heterocycles. The van der Waals surface area contributed by atoms with Crippen LogP contribution in [0.25, 0.3) is 0 Å². The van der Waals surface area contributed by atoms with Crippen LogP contribution in [0.15, 0.2) is 41.4 Å². The summed E-state index contributed by atoms with van der Waals surface area (Å²) in [5.74, 6) is -0.225. The van der Waals surface area contributed by atoms with Crippen molar-refractivity contribution in [1.82, 2.24) is 14.9 Å². The van der Waals surface area contributed by atoms with Crippen LogP contribution in [-0.2, 0) is 14.8 Å². The Morgan fingerprint density at radius 3 is 2.42 bits per heavy atom. The van der Waals surface area contributed by atoms with E-state index in [-0.39, 0.29) is 10.8 Å². The predicted octanol–water partition coefficient (Wildman–Crippen LogP) is 2.50. The molecule has 0 unspecified atom stereocenters. The van der Waals surface area contributed by atoms with Crippen LogP contribution in [0.2, 0.25) is 0 Å². The number of H-pyrrole nitrogens is 1. The predicted molar refractivity (Wildman–Crippen MR) is 89.8 cm³/mol. The Morgan fingerprint density at radius 2 is 1.83 bits per heavy atom. The van der Waals surface area contributed by atoms with Gasteiger partial charge in [-0.05, 0) is 44.1 Å². The Bertz CT molecular complexity index is 807. The average Bonchev–Trinajstić information content (AvgIpc) is 3.02. The fourth-order valence-corrected chi connectivity index (χ4v) is 4.48. The molecule has 0 spiro atoms. The van der Waals surface area contributed by atoms with Gasteiger partial charge < -0.3 is 0 Å². The molecule has 0 atom stereocenters. The Kier molecular flexibility index (Phi) is 4.71. The fraction of sp³-hybridized carbons (Fsp3) is 0.412. The van der Waals surface area contributed by atoms with E-state index in [1.54, 1.807) is 6.92 Å². The highest BCUT2D eigenvalue weighted by Gasteiger charge is 2.30. The quantitative estimate of drug-likeness (QED) is 0.889. The molecule has 1 aliphatic carbocycles. The second kappa shape index (κ2) is 6.76. The van der Waals surface area contributed by atoms with Crippen LogP contribution in [0.5, 0.6) is 0 Å². The van der Waals surface area contributed by atoms with Crippen LogP contribution < -0.4 is 4.72 Å². The molecule has 24 heavy (non-hydrogen) atoms. The van der Waals surface area contributed by atoms with Crippen molar-refractivity contribution in [3.05, 3.63) is 47.8 Å². The molecule has 1 aromatic heterocycles. The van der Waals surface area contributed by atoms with Gasteiger partial charge >= 0.3 is 0 Å². The molecule has 2 aromatic rings. The minimum Gasteiger partial charge on any atom is -0.281 e. The van der Waals surface area contributed by atoms with E-state index in [1.807, 2.05) is 18.2 Å². The Balaban J connectivity index is 1.61. The SMILES string of the molecule is Cc1[nH]ncc1S(=O)(=O)NC(=O)C1CCC(c2ccccc2)CC1. The maximum atomic E-state index is 12.3. The van der Waals surface area contributed by atoms with Crippen LogP contribution in [0.4, 0.5) is 0 Å². The molecule has 1 aliphatic rings. The Morgan fingerprint density at radius 1 is 1.17 bits per heavy atom. The average molecular weight is 347 g/mol. The summed E-state index contributed by atoms with van der Waals surface area (Å²) in [6, 6.07) is 10.3. The number of carbonyl (C=O) groups is 1. The van der Waals surface area contributed by atoms with Crippen molar-refractivity contribution < 1.29 is 13.2 Å². The molecule has 0 bridgehead atoms. The van der Waals surface area contributed by atoms with Gasteiger partial charge in [-0.3, -0.25) is 9.89 Å². The van der Waals surface area contributed by atoms with Crippen LogP contribution in [0.1, 0.15) is 42.9 Å². The van der Waals surface area contributed by atoms with Crippen molar-refractivity contribution in [2.24, 2.45) is 5.92 Å². The van der Waals surface area contributed by atoms with Crippen LogP contribution in [0.3, 0.4) is 0 Å². The number of nitrogens with one attached hydrogen (secondary N) is 2. The number of benzene rings is 1. The molecule has 1 aromatic carbocycles. The number of aryl methyl sites for hydroxylation is 1. The van der Waals surface area contributed by atoms with Gasteiger partial charge in [0.2, 0.25) is 5.91 Å². The molecule has 1 saturated carbocycles. The number of amides is 1. The van der Waals surface area contributed by atoms with E-state index < -0.39 is 15.9 Å². The lowest BCUT2D eigenvalue weighted by atomic mass is 9.78. The third-order valence-electron chi connectivity index (χ3n) is 4.68. The highest BCUT2D eigenvalue weighted by molar-refractivity contribution is 7.90. The maximum absolute atomic E-state index is 12.3. The monoisotopic (exact) mass is 347 g/mol. The Hall–Kier alpha value is -2.15. The number of aromatic amines is 1. The summed E-state index contributed by atoms with van der Waals surface area (Å²) in [5, 5.41) is 6.27. The van der Waals surface area contributed by atoms with Gasteiger partial charge in [-0.2, -0.15) is 5.10 Å². The standard InChI is InChI=1S/C17H21N3O3S/c1-12-16(11-18-19-12)24(22,23)20-17(21)15-9-7-14(8-10-15)13-5-3-2-4-6-13/h2-6,11,14-15H,7-10H2,1H3,(H,18,19)(H,20,21). The van der Waals surface area contributed by atoms with E-state index in [1.165, 1.54) is 11.8 Å². The van der Waals surface area contributed by atoms with Crippen molar-refractivity contribution in [3.8, 4) is 0 Å². The van der Waals surface area contributed by atoms with Gasteiger partial charge in [-0.1, -0.05) is 30.3 Å². The molecule has 1 heterocycles. The summed E-state index contributed by atoms with van der Waals surface area (Å²) >= 11 is 0. The molecule has 1 amide bonds. The maximum Gasteiger partial charge on any atom is 0.267 e. The van der Waals surface area contributed by atoms with Crippen molar-refractivity contribution in [2.75, 3.05) is 0 Å². The normalized spacial score (nSPS) is 21.4. The van der Waals surface area contributed by atoms with E-state index in [0.29, 0.717) is 24.5 Å². The number of hydrogen-bond acceptors (Lipinski definition) is 4. The molecular weight excluding hydrogens is 326 g/mol. The zero-order valence-electron chi connectivity index (χ0n) is 13.5. The lowest BCUT2D eigenvalue weighted by Crippen LogP contribution is -2.37. The Labute approximate surface area is 141 Å². The van der Waals surface area contributed by atoms with Gasteiger partial charge in [0.25, 0.3) is 10.0 Å². The third-order valence-corrected chi connectivity index (χ3v) is 6.14. The highest BCUT2D eigenvalue weighted by atomic mass is 32.2. The van der Waals surface area contributed by atoms with Crippen molar-refractivity contribution in [1.29, 1.82) is 0 Å². The number of aromatic nitrogens is 2. The molecule has 1 fully saturated rings. The molecule has 128 valence electrons. The number of hydrogen-bond donors (Lipinski definition) is 2. The summed E-state index contributed by atoms with van der Waals surface area (Å²) < 4.78 is 26.7. The third kappa shape index (κ3) is 3.51. The molecule has 0 radical (unpaired) electrons. The topological polar surface area (TPSA) is 91.9 Å². The lowest BCUT2D eigenvalue weighted by Gasteiger charge is -2.27. The number of carbonyl (C=O) groups excluding carboxylic acids is 1. The zero-order valence-corrected chi connectivity index (χ0v) is 14.3. The van der Waals surface area contributed by atoms with Gasteiger partial charge in [0.15, 0.2) is 0 Å². The van der Waals surface area contributed by atoms with Gasteiger partial charge in [0.05, 0.1) is 11.9 Å². The summed E-state index contributed by atoms with van der Waals surface area (Å²) in [6.07, 6.45) is 4.41. The van der Waals surface area contributed by atoms with Gasteiger partial charge in [0.1, 0.15) is 4.90 Å². The minimum absolute atomic E-state index is 0.0221. The number of rotatable bonds is 4. The van der Waals surface area contributed by atoms with Gasteiger partial charge in [-0.15, -0.1) is 0 Å². The summed E-state index contributed by atoms with van der Waals surface area (Å²) in [5.41, 5.74) is 1.71. The number of nitrogens with zero attached hydrogens (tertiary/aromatic N) is 1. The van der Waals surface area contributed by atoms with E-state index >= 15 is 0 Å². The second-order valence-corrected chi connectivity index (χ2v) is 7.94. The van der Waals surface area contributed by atoms with E-state index in [4.69, 9.17) is 0 Å². The molecular formula is C17H21N3O3S. The largest absolute Gasteiger partial charge is 0.281 e. The highest BCUT2D eigenvalue weighted by Crippen LogP contribution is 2.35. The lowest BCUT2D eigenvalue weighted by molar-refractivity contribution is -0.124. The zero-order chi connectivity index (χ0) is 17.2. The van der Waals surface area contributed by atoms with Crippen LogP contribution in [0, 0.1) is 12.8 Å². The summed E-state index contributed by atoms with van der Waals surface area (Å²) in [4.78, 5) is 12.4. The van der Waals surface area contributed by atoms with Crippen molar-refractivity contribution in [2.45, 2.75) is 43.4 Å². The minimum atomic E-state index is -3.86. The van der Waals surface area contributed by atoms with E-state index in [0.717, 1.165) is 12.8 Å². The molecule has 0 aliphatic heterocycles. The fourth-order valence-electron chi connectivity index (χ4n) is 3.30. The second-order valence-electron chi connectivity index (χ2n) is 6.29. The molecule has 2 N–H and O–H groups in total. The van der Waals surface area contributed by atoms with Gasteiger partial charge in [-0.25, -0.2) is 13.1 Å². The number of sulfonamides is 1. The molecule has 6 nitrogen and oxygen atoms in total.